The van der Waals surface area contributed by atoms with Gasteiger partial charge in [0, 0.05) is 12.6 Å². The molecule has 1 aromatic rings. The summed E-state index contributed by atoms with van der Waals surface area (Å²) in [7, 11) is 0. The van der Waals surface area contributed by atoms with Crippen LogP contribution in [0.5, 0.6) is 5.75 Å². The standard InChI is InChI=1S/C16H25NO2/c1-2-16(17)13-7-9-15(10-8-13)19-12-4-6-14-5-3-11-18-14/h7-10,14,16H,2-6,11-12,17H2,1H3. The van der Waals surface area contributed by atoms with Gasteiger partial charge in [-0.05, 0) is 49.8 Å². The number of hydrogen-bond donors (Lipinski definition) is 1. The quantitative estimate of drug-likeness (QED) is 0.766. The van der Waals surface area contributed by atoms with Gasteiger partial charge in [0.05, 0.1) is 12.7 Å². The summed E-state index contributed by atoms with van der Waals surface area (Å²) in [5, 5.41) is 0. The third kappa shape index (κ3) is 4.51. The first-order valence-corrected chi connectivity index (χ1v) is 7.39. The van der Waals surface area contributed by atoms with Crippen LogP contribution in [-0.2, 0) is 4.74 Å². The van der Waals surface area contributed by atoms with E-state index in [4.69, 9.17) is 15.2 Å². The molecule has 0 amide bonds. The molecule has 0 spiro atoms. The second kappa shape index (κ2) is 7.51. The van der Waals surface area contributed by atoms with Crippen molar-refractivity contribution in [1.82, 2.24) is 0 Å². The summed E-state index contributed by atoms with van der Waals surface area (Å²) in [5.74, 6) is 0.930. The van der Waals surface area contributed by atoms with E-state index in [-0.39, 0.29) is 6.04 Å². The van der Waals surface area contributed by atoms with E-state index in [9.17, 15) is 0 Å². The maximum atomic E-state index is 5.98. The van der Waals surface area contributed by atoms with E-state index < -0.39 is 0 Å². The molecule has 2 atom stereocenters. The maximum absolute atomic E-state index is 5.98. The van der Waals surface area contributed by atoms with Gasteiger partial charge in [0.2, 0.25) is 0 Å². The summed E-state index contributed by atoms with van der Waals surface area (Å²) >= 11 is 0. The van der Waals surface area contributed by atoms with Crippen LogP contribution in [0, 0.1) is 0 Å². The lowest BCUT2D eigenvalue weighted by atomic mass is 10.1. The van der Waals surface area contributed by atoms with Gasteiger partial charge in [0.1, 0.15) is 5.75 Å². The van der Waals surface area contributed by atoms with Gasteiger partial charge in [-0.1, -0.05) is 19.1 Å². The topological polar surface area (TPSA) is 44.5 Å². The maximum Gasteiger partial charge on any atom is 0.119 e. The molecular weight excluding hydrogens is 238 g/mol. The number of ether oxygens (including phenoxy) is 2. The lowest BCUT2D eigenvalue weighted by Crippen LogP contribution is -2.09. The molecule has 0 aromatic heterocycles. The third-order valence-corrected chi connectivity index (χ3v) is 3.71. The van der Waals surface area contributed by atoms with Gasteiger partial charge in [0.15, 0.2) is 0 Å². The highest BCUT2D eigenvalue weighted by Crippen LogP contribution is 2.19. The van der Waals surface area contributed by atoms with Crippen molar-refractivity contribution < 1.29 is 9.47 Å². The second-order valence-corrected chi connectivity index (χ2v) is 5.21. The lowest BCUT2D eigenvalue weighted by molar-refractivity contribution is 0.0981. The number of hydrogen-bond acceptors (Lipinski definition) is 3. The van der Waals surface area contributed by atoms with Gasteiger partial charge in [-0.2, -0.15) is 0 Å². The van der Waals surface area contributed by atoms with Crippen LogP contribution in [0.4, 0.5) is 0 Å². The summed E-state index contributed by atoms with van der Waals surface area (Å²) in [6.45, 7) is 3.80. The molecule has 2 unspecified atom stereocenters. The van der Waals surface area contributed by atoms with Gasteiger partial charge in [-0.3, -0.25) is 0 Å². The van der Waals surface area contributed by atoms with E-state index in [1.54, 1.807) is 0 Å². The molecule has 1 aromatic carbocycles. The molecular formula is C16H25NO2. The van der Waals surface area contributed by atoms with E-state index in [0.717, 1.165) is 38.2 Å². The van der Waals surface area contributed by atoms with Crippen molar-refractivity contribution in [1.29, 1.82) is 0 Å². The molecule has 2 N–H and O–H groups in total. The molecule has 1 heterocycles. The van der Waals surface area contributed by atoms with Gasteiger partial charge in [-0.25, -0.2) is 0 Å². The van der Waals surface area contributed by atoms with Crippen LogP contribution in [-0.4, -0.2) is 19.3 Å². The van der Waals surface area contributed by atoms with Crippen LogP contribution in [0.25, 0.3) is 0 Å². The monoisotopic (exact) mass is 263 g/mol. The highest BCUT2D eigenvalue weighted by atomic mass is 16.5. The van der Waals surface area contributed by atoms with Crippen LogP contribution >= 0.6 is 0 Å². The SMILES string of the molecule is CCC(N)c1ccc(OCCCC2CCCO2)cc1. The van der Waals surface area contributed by atoms with Crippen LogP contribution in [0.15, 0.2) is 24.3 Å². The van der Waals surface area contributed by atoms with Gasteiger partial charge in [-0.15, -0.1) is 0 Å². The number of rotatable bonds is 7. The van der Waals surface area contributed by atoms with Crippen molar-refractivity contribution in [2.75, 3.05) is 13.2 Å². The lowest BCUT2D eigenvalue weighted by Gasteiger charge is -2.12. The molecule has 1 aliphatic heterocycles. The average molecular weight is 263 g/mol. The fraction of sp³-hybridized carbons (Fsp3) is 0.625. The Morgan fingerprint density at radius 3 is 2.79 bits per heavy atom. The molecule has 3 heteroatoms. The molecule has 2 rings (SSSR count). The first kappa shape index (κ1) is 14.4. The summed E-state index contributed by atoms with van der Waals surface area (Å²) in [6, 6.07) is 8.27. The molecule has 1 fully saturated rings. The highest BCUT2D eigenvalue weighted by Gasteiger charge is 2.14. The Labute approximate surface area is 116 Å². The number of nitrogens with two attached hydrogens (primary N) is 1. The Balaban J connectivity index is 1.67. The van der Waals surface area contributed by atoms with Gasteiger partial charge >= 0.3 is 0 Å². The first-order chi connectivity index (χ1) is 9.29. The van der Waals surface area contributed by atoms with Crippen LogP contribution in [0.3, 0.4) is 0 Å². The van der Waals surface area contributed by atoms with Crippen molar-refractivity contribution in [3.05, 3.63) is 29.8 Å². The largest absolute Gasteiger partial charge is 0.494 e. The highest BCUT2D eigenvalue weighted by molar-refractivity contribution is 5.28. The minimum atomic E-state index is 0.133. The number of benzene rings is 1. The molecule has 1 saturated heterocycles. The molecule has 1 aliphatic rings. The third-order valence-electron chi connectivity index (χ3n) is 3.71. The van der Waals surface area contributed by atoms with E-state index in [1.165, 1.54) is 18.4 Å². The van der Waals surface area contributed by atoms with Crippen molar-refractivity contribution in [2.24, 2.45) is 5.73 Å². The summed E-state index contributed by atoms with van der Waals surface area (Å²) in [5.41, 5.74) is 7.16. The Morgan fingerprint density at radius 2 is 2.16 bits per heavy atom. The van der Waals surface area contributed by atoms with Crippen molar-refractivity contribution in [2.45, 2.75) is 51.2 Å². The zero-order valence-corrected chi connectivity index (χ0v) is 11.8. The molecule has 3 nitrogen and oxygen atoms in total. The van der Waals surface area contributed by atoms with Crippen LogP contribution in [0.2, 0.25) is 0 Å². The van der Waals surface area contributed by atoms with Crippen molar-refractivity contribution in [3.8, 4) is 5.75 Å². The zero-order chi connectivity index (χ0) is 13.5. The van der Waals surface area contributed by atoms with E-state index >= 15 is 0 Å². The van der Waals surface area contributed by atoms with Crippen molar-refractivity contribution in [3.63, 3.8) is 0 Å². The van der Waals surface area contributed by atoms with Gasteiger partial charge in [0.25, 0.3) is 0 Å². The van der Waals surface area contributed by atoms with E-state index in [0.29, 0.717) is 6.10 Å². The van der Waals surface area contributed by atoms with Crippen molar-refractivity contribution >= 4 is 0 Å². The Bertz CT molecular complexity index is 358. The molecule has 0 bridgehead atoms. The van der Waals surface area contributed by atoms with E-state index in [2.05, 4.69) is 19.1 Å². The molecule has 19 heavy (non-hydrogen) atoms. The van der Waals surface area contributed by atoms with Crippen LogP contribution < -0.4 is 10.5 Å². The predicted molar refractivity (Wildman–Crippen MR) is 77.4 cm³/mol. The summed E-state index contributed by atoms with van der Waals surface area (Å²) in [4.78, 5) is 0. The first-order valence-electron chi connectivity index (χ1n) is 7.39. The molecule has 106 valence electrons. The smallest absolute Gasteiger partial charge is 0.119 e. The van der Waals surface area contributed by atoms with Gasteiger partial charge < -0.3 is 15.2 Å². The molecule has 0 aliphatic carbocycles. The second-order valence-electron chi connectivity index (χ2n) is 5.21. The Morgan fingerprint density at radius 1 is 1.37 bits per heavy atom. The van der Waals surface area contributed by atoms with Crippen LogP contribution in [0.1, 0.15) is 50.6 Å². The predicted octanol–water partition coefficient (Wildman–Crippen LogP) is 3.43. The molecule has 0 radical (unpaired) electrons. The Hall–Kier alpha value is -1.06. The minimum Gasteiger partial charge on any atom is -0.494 e. The fourth-order valence-electron chi connectivity index (χ4n) is 2.42. The minimum absolute atomic E-state index is 0.133. The fourth-order valence-corrected chi connectivity index (χ4v) is 2.42. The molecule has 0 saturated carbocycles. The normalized spacial score (nSPS) is 20.4. The Kier molecular flexibility index (Phi) is 5.67. The summed E-state index contributed by atoms with van der Waals surface area (Å²) in [6.07, 6.45) is 6.02. The van der Waals surface area contributed by atoms with E-state index in [1.807, 2.05) is 12.1 Å². The zero-order valence-electron chi connectivity index (χ0n) is 11.8. The average Bonchev–Trinajstić information content (AvgIpc) is 2.96. The summed E-state index contributed by atoms with van der Waals surface area (Å²) < 4.78 is 11.3.